The lowest BCUT2D eigenvalue weighted by atomic mass is 10.1. The predicted octanol–water partition coefficient (Wildman–Crippen LogP) is 3.48. The number of hydrogen-bond acceptors (Lipinski definition) is 5. The van der Waals surface area contributed by atoms with Crippen molar-refractivity contribution in [3.05, 3.63) is 41.3 Å². The summed E-state index contributed by atoms with van der Waals surface area (Å²) in [6.07, 6.45) is 0. The Kier molecular flexibility index (Phi) is 5.09. The summed E-state index contributed by atoms with van der Waals surface area (Å²) in [7, 11) is 0. The van der Waals surface area contributed by atoms with Crippen LogP contribution in [0.15, 0.2) is 33.9 Å². The van der Waals surface area contributed by atoms with Crippen LogP contribution in [0.5, 0.6) is 5.75 Å². The predicted molar refractivity (Wildman–Crippen MR) is 81.2 cm³/mol. The van der Waals surface area contributed by atoms with Crippen LogP contribution >= 0.6 is 11.8 Å². The van der Waals surface area contributed by atoms with Gasteiger partial charge < -0.3 is 14.9 Å². The molecular formula is C15H20N2O2S. The van der Waals surface area contributed by atoms with E-state index in [1.165, 1.54) is 11.8 Å². The Morgan fingerprint density at radius 3 is 2.75 bits per heavy atom. The number of ether oxygens (including phenoxy) is 1. The van der Waals surface area contributed by atoms with Crippen LogP contribution in [0.3, 0.4) is 0 Å². The molecule has 0 saturated carbocycles. The van der Waals surface area contributed by atoms with Gasteiger partial charge in [0.25, 0.3) is 5.22 Å². The summed E-state index contributed by atoms with van der Waals surface area (Å²) >= 11 is 1.53. The number of hydrogen-bond donors (Lipinski definition) is 1. The topological polar surface area (TPSA) is 61.3 Å². The van der Waals surface area contributed by atoms with Gasteiger partial charge in [-0.05, 0) is 26.8 Å². The summed E-state index contributed by atoms with van der Waals surface area (Å²) in [5, 5.41) is 0.671. The summed E-state index contributed by atoms with van der Waals surface area (Å²) in [5.74, 6) is 2.40. The first-order valence-electron chi connectivity index (χ1n) is 6.66. The second-order valence-corrected chi connectivity index (χ2v) is 5.48. The summed E-state index contributed by atoms with van der Waals surface area (Å²) in [6, 6.07) is 7.76. The average molecular weight is 292 g/mol. The van der Waals surface area contributed by atoms with Crippen LogP contribution in [0.1, 0.15) is 30.0 Å². The number of para-hydroxylation sites is 1. The fourth-order valence-corrected chi connectivity index (χ4v) is 2.72. The maximum atomic E-state index is 6.25. The number of aryl methyl sites for hydroxylation is 2. The van der Waals surface area contributed by atoms with Gasteiger partial charge in [0.05, 0.1) is 12.3 Å². The Bertz CT molecular complexity index is 549. The first-order valence-corrected chi connectivity index (χ1v) is 7.64. The number of oxazole rings is 1. The standard InChI is InChI=1S/C15H20N2O2S/c1-4-18-14-8-6-5-7-12(14)13(16)9-20-15-17-10(2)11(3)19-15/h5-8,13H,4,9,16H2,1-3H3. The van der Waals surface area contributed by atoms with E-state index in [4.69, 9.17) is 14.9 Å². The van der Waals surface area contributed by atoms with Crippen molar-refractivity contribution in [3.63, 3.8) is 0 Å². The Balaban J connectivity index is 2.02. The van der Waals surface area contributed by atoms with E-state index in [1.807, 2.05) is 45.0 Å². The number of thioether (sulfide) groups is 1. The highest BCUT2D eigenvalue weighted by Crippen LogP contribution is 2.29. The van der Waals surface area contributed by atoms with E-state index in [1.54, 1.807) is 0 Å². The molecule has 5 heteroatoms. The van der Waals surface area contributed by atoms with E-state index in [2.05, 4.69) is 4.98 Å². The minimum Gasteiger partial charge on any atom is -0.494 e. The van der Waals surface area contributed by atoms with E-state index >= 15 is 0 Å². The van der Waals surface area contributed by atoms with Gasteiger partial charge in [-0.3, -0.25) is 0 Å². The number of nitrogens with two attached hydrogens (primary N) is 1. The molecule has 2 rings (SSSR count). The highest BCUT2D eigenvalue weighted by atomic mass is 32.2. The Hall–Kier alpha value is -1.46. The quantitative estimate of drug-likeness (QED) is 0.826. The number of rotatable bonds is 6. The normalized spacial score (nSPS) is 12.4. The zero-order valence-electron chi connectivity index (χ0n) is 12.1. The molecule has 1 aromatic heterocycles. The van der Waals surface area contributed by atoms with E-state index in [0.717, 1.165) is 22.8 Å². The van der Waals surface area contributed by atoms with Crippen molar-refractivity contribution >= 4 is 11.8 Å². The third-order valence-corrected chi connectivity index (χ3v) is 3.96. The molecule has 0 amide bonds. The highest BCUT2D eigenvalue weighted by molar-refractivity contribution is 7.99. The Morgan fingerprint density at radius 1 is 1.35 bits per heavy atom. The van der Waals surface area contributed by atoms with E-state index in [0.29, 0.717) is 17.6 Å². The minimum atomic E-state index is -0.115. The molecule has 20 heavy (non-hydrogen) atoms. The largest absolute Gasteiger partial charge is 0.494 e. The van der Waals surface area contributed by atoms with Gasteiger partial charge in [-0.25, -0.2) is 4.98 Å². The lowest BCUT2D eigenvalue weighted by molar-refractivity contribution is 0.335. The number of nitrogens with zero attached hydrogens (tertiary/aromatic N) is 1. The Labute approximate surface area is 123 Å². The van der Waals surface area contributed by atoms with Crippen LogP contribution in [0, 0.1) is 13.8 Å². The maximum Gasteiger partial charge on any atom is 0.256 e. The molecule has 1 heterocycles. The lowest BCUT2D eigenvalue weighted by Gasteiger charge is -2.15. The molecule has 0 aliphatic rings. The molecule has 4 nitrogen and oxygen atoms in total. The molecule has 0 spiro atoms. The Morgan fingerprint density at radius 2 is 2.10 bits per heavy atom. The molecule has 0 fully saturated rings. The number of aromatic nitrogens is 1. The van der Waals surface area contributed by atoms with Crippen molar-refractivity contribution in [2.45, 2.75) is 32.0 Å². The zero-order chi connectivity index (χ0) is 14.5. The maximum absolute atomic E-state index is 6.25. The van der Waals surface area contributed by atoms with Crippen LogP contribution in [-0.4, -0.2) is 17.3 Å². The summed E-state index contributed by atoms with van der Waals surface area (Å²) in [4.78, 5) is 4.34. The van der Waals surface area contributed by atoms with Crippen molar-refractivity contribution in [1.29, 1.82) is 0 Å². The molecule has 0 bridgehead atoms. The summed E-state index contributed by atoms with van der Waals surface area (Å²) in [5.41, 5.74) is 8.19. The second kappa shape index (κ2) is 6.81. The molecule has 0 aliphatic heterocycles. The minimum absolute atomic E-state index is 0.115. The van der Waals surface area contributed by atoms with Crippen molar-refractivity contribution in [2.24, 2.45) is 5.73 Å². The first-order chi connectivity index (χ1) is 9.61. The lowest BCUT2D eigenvalue weighted by Crippen LogP contribution is -2.14. The smallest absolute Gasteiger partial charge is 0.256 e. The highest BCUT2D eigenvalue weighted by Gasteiger charge is 2.14. The molecule has 0 saturated heterocycles. The van der Waals surface area contributed by atoms with Gasteiger partial charge in [-0.1, -0.05) is 30.0 Å². The van der Waals surface area contributed by atoms with Crippen molar-refractivity contribution in [1.82, 2.24) is 4.98 Å². The first kappa shape index (κ1) is 14.9. The van der Waals surface area contributed by atoms with Gasteiger partial charge in [0, 0.05) is 17.4 Å². The van der Waals surface area contributed by atoms with Crippen molar-refractivity contribution < 1.29 is 9.15 Å². The fourth-order valence-electron chi connectivity index (χ4n) is 1.83. The van der Waals surface area contributed by atoms with Gasteiger partial charge in [-0.2, -0.15) is 0 Å². The van der Waals surface area contributed by atoms with Crippen molar-refractivity contribution in [2.75, 3.05) is 12.4 Å². The van der Waals surface area contributed by atoms with E-state index in [-0.39, 0.29) is 6.04 Å². The SMILES string of the molecule is CCOc1ccccc1C(N)CSc1nc(C)c(C)o1. The summed E-state index contributed by atoms with van der Waals surface area (Å²) < 4.78 is 11.1. The molecule has 1 unspecified atom stereocenters. The molecule has 2 aromatic rings. The van der Waals surface area contributed by atoms with E-state index in [9.17, 15) is 0 Å². The second-order valence-electron chi connectivity index (χ2n) is 4.51. The van der Waals surface area contributed by atoms with Crippen LogP contribution in [0.4, 0.5) is 0 Å². The summed E-state index contributed by atoms with van der Waals surface area (Å²) in [6.45, 7) is 6.45. The van der Waals surface area contributed by atoms with Gasteiger partial charge in [0.2, 0.25) is 0 Å². The molecule has 1 atom stereocenters. The fraction of sp³-hybridized carbons (Fsp3) is 0.400. The molecular weight excluding hydrogens is 272 g/mol. The van der Waals surface area contributed by atoms with Gasteiger partial charge in [-0.15, -0.1) is 0 Å². The zero-order valence-corrected chi connectivity index (χ0v) is 12.9. The van der Waals surface area contributed by atoms with Crippen LogP contribution in [-0.2, 0) is 0 Å². The molecule has 2 N–H and O–H groups in total. The third-order valence-electron chi connectivity index (χ3n) is 3.01. The monoisotopic (exact) mass is 292 g/mol. The number of benzene rings is 1. The van der Waals surface area contributed by atoms with Gasteiger partial charge in [0.1, 0.15) is 11.5 Å². The van der Waals surface area contributed by atoms with E-state index < -0.39 is 0 Å². The van der Waals surface area contributed by atoms with Gasteiger partial charge in [0.15, 0.2) is 0 Å². The van der Waals surface area contributed by atoms with Crippen LogP contribution in [0.2, 0.25) is 0 Å². The van der Waals surface area contributed by atoms with Crippen LogP contribution in [0.25, 0.3) is 0 Å². The average Bonchev–Trinajstić information content (AvgIpc) is 2.76. The molecule has 108 valence electrons. The molecule has 1 aromatic carbocycles. The van der Waals surface area contributed by atoms with Crippen molar-refractivity contribution in [3.8, 4) is 5.75 Å². The molecule has 0 aliphatic carbocycles. The van der Waals surface area contributed by atoms with Crippen LogP contribution < -0.4 is 10.5 Å². The van der Waals surface area contributed by atoms with Gasteiger partial charge >= 0.3 is 0 Å². The molecule has 0 radical (unpaired) electrons. The third kappa shape index (κ3) is 3.55.